The van der Waals surface area contributed by atoms with E-state index in [0.717, 1.165) is 21.9 Å². The minimum atomic E-state index is -1.50. The third kappa shape index (κ3) is 5.32. The Morgan fingerprint density at radius 3 is 2.31 bits per heavy atom. The summed E-state index contributed by atoms with van der Waals surface area (Å²) in [5, 5.41) is 7.72. The molecule has 0 saturated heterocycles. The standard InChI is InChI=1S/C26H29N3O3/c1-18(24(31)28-17-21-13-8-12-20-11-6-7-14-22(20)21)26(2,25(27)32)29-23(30)16-15-19-9-4-3-5-10-19/h3-14,18H,15-17H2,1-2H3,(H2,27,32)(H,28,31)(H,29,30)/t18-,26?/m1/s1. The lowest BCUT2D eigenvalue weighted by Gasteiger charge is -2.32. The average Bonchev–Trinajstić information content (AvgIpc) is 2.81. The molecule has 3 amide bonds. The van der Waals surface area contributed by atoms with E-state index in [9.17, 15) is 14.4 Å². The maximum Gasteiger partial charge on any atom is 0.243 e. The third-order valence-corrected chi connectivity index (χ3v) is 5.99. The number of nitrogens with two attached hydrogens (primary N) is 1. The number of nitrogens with one attached hydrogen (secondary N) is 2. The van der Waals surface area contributed by atoms with Crippen LogP contribution < -0.4 is 16.4 Å². The van der Waals surface area contributed by atoms with E-state index in [2.05, 4.69) is 10.6 Å². The summed E-state index contributed by atoms with van der Waals surface area (Å²) in [5.74, 6) is -2.29. The first-order valence-corrected chi connectivity index (χ1v) is 10.7. The number of aryl methyl sites for hydroxylation is 1. The highest BCUT2D eigenvalue weighted by Gasteiger charge is 2.42. The van der Waals surface area contributed by atoms with Crippen molar-refractivity contribution in [3.63, 3.8) is 0 Å². The van der Waals surface area contributed by atoms with Crippen molar-refractivity contribution < 1.29 is 14.4 Å². The summed E-state index contributed by atoms with van der Waals surface area (Å²) in [4.78, 5) is 37.7. The Balaban J connectivity index is 1.64. The molecule has 0 radical (unpaired) electrons. The van der Waals surface area contributed by atoms with E-state index < -0.39 is 17.4 Å². The molecular weight excluding hydrogens is 402 g/mol. The first-order chi connectivity index (χ1) is 15.3. The number of carbonyl (C=O) groups is 3. The van der Waals surface area contributed by atoms with E-state index in [1.54, 1.807) is 6.92 Å². The molecule has 0 bridgehead atoms. The van der Waals surface area contributed by atoms with Gasteiger partial charge in [-0.25, -0.2) is 0 Å². The topological polar surface area (TPSA) is 101 Å². The SMILES string of the molecule is C[C@H](C(=O)NCc1cccc2ccccc12)C(C)(NC(=O)CCc1ccccc1)C(N)=O. The number of hydrogen-bond acceptors (Lipinski definition) is 3. The summed E-state index contributed by atoms with van der Waals surface area (Å²) in [6, 6.07) is 23.4. The van der Waals surface area contributed by atoms with Crippen molar-refractivity contribution in [3.8, 4) is 0 Å². The van der Waals surface area contributed by atoms with Crippen molar-refractivity contribution in [2.45, 2.75) is 38.8 Å². The van der Waals surface area contributed by atoms with E-state index in [0.29, 0.717) is 13.0 Å². The van der Waals surface area contributed by atoms with Gasteiger partial charge < -0.3 is 16.4 Å². The zero-order chi connectivity index (χ0) is 23.1. The zero-order valence-electron chi connectivity index (χ0n) is 18.4. The lowest BCUT2D eigenvalue weighted by atomic mass is 9.85. The highest BCUT2D eigenvalue weighted by atomic mass is 16.2. The van der Waals surface area contributed by atoms with Gasteiger partial charge in [-0.15, -0.1) is 0 Å². The summed E-state index contributed by atoms with van der Waals surface area (Å²) in [6.07, 6.45) is 0.723. The Bertz CT molecular complexity index is 1110. The fraction of sp³-hybridized carbons (Fsp3) is 0.269. The van der Waals surface area contributed by atoms with Gasteiger partial charge in [-0.3, -0.25) is 14.4 Å². The lowest BCUT2D eigenvalue weighted by Crippen LogP contribution is -2.62. The normalized spacial score (nSPS) is 13.7. The Morgan fingerprint density at radius 1 is 0.938 bits per heavy atom. The molecule has 0 heterocycles. The van der Waals surface area contributed by atoms with Gasteiger partial charge in [0.1, 0.15) is 5.54 Å². The highest BCUT2D eigenvalue weighted by molar-refractivity contribution is 5.96. The molecule has 1 unspecified atom stereocenters. The smallest absolute Gasteiger partial charge is 0.243 e. The fourth-order valence-corrected chi connectivity index (χ4v) is 3.68. The molecule has 6 nitrogen and oxygen atoms in total. The number of rotatable bonds is 9. The quantitative estimate of drug-likeness (QED) is 0.485. The Kier molecular flexibility index (Phi) is 7.25. The van der Waals surface area contributed by atoms with Crippen molar-refractivity contribution in [3.05, 3.63) is 83.9 Å². The fourth-order valence-electron chi connectivity index (χ4n) is 3.68. The van der Waals surface area contributed by atoms with Crippen molar-refractivity contribution in [1.29, 1.82) is 0 Å². The molecule has 0 spiro atoms. The van der Waals surface area contributed by atoms with Gasteiger partial charge in [0.15, 0.2) is 0 Å². The summed E-state index contributed by atoms with van der Waals surface area (Å²) in [6.45, 7) is 3.40. The summed E-state index contributed by atoms with van der Waals surface area (Å²) >= 11 is 0. The number of benzene rings is 3. The van der Waals surface area contributed by atoms with Crippen LogP contribution in [0.1, 0.15) is 31.4 Å². The first kappa shape index (κ1) is 23.0. The minimum Gasteiger partial charge on any atom is -0.368 e. The van der Waals surface area contributed by atoms with Gasteiger partial charge in [-0.2, -0.15) is 0 Å². The molecule has 3 aromatic carbocycles. The predicted octanol–water partition coefficient (Wildman–Crippen LogP) is 3.09. The molecule has 3 aromatic rings. The molecular formula is C26H29N3O3. The van der Waals surface area contributed by atoms with Crippen LogP contribution in [0.3, 0.4) is 0 Å². The van der Waals surface area contributed by atoms with E-state index in [1.807, 2.05) is 72.8 Å². The van der Waals surface area contributed by atoms with Crippen LogP contribution in [-0.4, -0.2) is 23.3 Å². The lowest BCUT2D eigenvalue weighted by molar-refractivity contribution is -0.138. The molecule has 3 rings (SSSR count). The number of carbonyl (C=O) groups excluding carboxylic acids is 3. The van der Waals surface area contributed by atoms with E-state index in [4.69, 9.17) is 5.73 Å². The van der Waals surface area contributed by atoms with E-state index >= 15 is 0 Å². The second kappa shape index (κ2) is 10.1. The first-order valence-electron chi connectivity index (χ1n) is 10.7. The van der Waals surface area contributed by atoms with Crippen molar-refractivity contribution in [2.75, 3.05) is 0 Å². The second-order valence-corrected chi connectivity index (χ2v) is 8.18. The maximum atomic E-state index is 12.9. The maximum absolute atomic E-state index is 12.9. The molecule has 6 heteroatoms. The average molecular weight is 432 g/mol. The number of primary amides is 1. The van der Waals surface area contributed by atoms with E-state index in [-0.39, 0.29) is 18.2 Å². The Morgan fingerprint density at radius 2 is 1.59 bits per heavy atom. The second-order valence-electron chi connectivity index (χ2n) is 8.18. The molecule has 0 fully saturated rings. The summed E-state index contributed by atoms with van der Waals surface area (Å²) < 4.78 is 0. The van der Waals surface area contributed by atoms with Crippen LogP contribution in [0.2, 0.25) is 0 Å². The van der Waals surface area contributed by atoms with Gasteiger partial charge in [0.25, 0.3) is 0 Å². The van der Waals surface area contributed by atoms with Crippen LogP contribution in [0.4, 0.5) is 0 Å². The predicted molar refractivity (Wildman–Crippen MR) is 125 cm³/mol. The van der Waals surface area contributed by atoms with Crippen molar-refractivity contribution >= 4 is 28.5 Å². The number of amides is 3. The molecule has 32 heavy (non-hydrogen) atoms. The highest BCUT2D eigenvalue weighted by Crippen LogP contribution is 2.20. The molecule has 4 N–H and O–H groups in total. The van der Waals surface area contributed by atoms with Crippen molar-refractivity contribution in [1.82, 2.24) is 10.6 Å². The Hall–Kier alpha value is -3.67. The molecule has 0 saturated carbocycles. The van der Waals surface area contributed by atoms with Crippen molar-refractivity contribution in [2.24, 2.45) is 11.7 Å². The summed E-state index contributed by atoms with van der Waals surface area (Å²) in [7, 11) is 0. The van der Waals surface area contributed by atoms with E-state index in [1.165, 1.54) is 6.92 Å². The van der Waals surface area contributed by atoms with Crippen LogP contribution in [0, 0.1) is 5.92 Å². The van der Waals surface area contributed by atoms with Gasteiger partial charge in [0, 0.05) is 13.0 Å². The summed E-state index contributed by atoms with van der Waals surface area (Å²) in [5.41, 5.74) is 6.10. The van der Waals surface area contributed by atoms with Gasteiger partial charge >= 0.3 is 0 Å². The molecule has 166 valence electrons. The largest absolute Gasteiger partial charge is 0.368 e. The molecule has 2 atom stereocenters. The Labute approximate surface area is 188 Å². The molecule has 0 aliphatic rings. The van der Waals surface area contributed by atoms with Crippen LogP contribution in [0.5, 0.6) is 0 Å². The van der Waals surface area contributed by atoms with Gasteiger partial charge in [-0.05, 0) is 35.2 Å². The zero-order valence-corrected chi connectivity index (χ0v) is 18.4. The molecule has 0 aromatic heterocycles. The van der Waals surface area contributed by atoms with Crippen LogP contribution in [-0.2, 0) is 27.3 Å². The number of hydrogen-bond donors (Lipinski definition) is 3. The molecule has 0 aliphatic carbocycles. The van der Waals surface area contributed by atoms with Gasteiger partial charge in [-0.1, -0.05) is 79.7 Å². The van der Waals surface area contributed by atoms with Crippen LogP contribution in [0.15, 0.2) is 72.8 Å². The molecule has 0 aliphatic heterocycles. The van der Waals surface area contributed by atoms with Crippen LogP contribution in [0.25, 0.3) is 10.8 Å². The third-order valence-electron chi connectivity index (χ3n) is 5.99. The monoisotopic (exact) mass is 431 g/mol. The van der Waals surface area contributed by atoms with Crippen LogP contribution >= 0.6 is 0 Å². The van der Waals surface area contributed by atoms with Gasteiger partial charge in [0.2, 0.25) is 17.7 Å². The number of fused-ring (bicyclic) bond motifs is 1. The minimum absolute atomic E-state index is 0.192. The van der Waals surface area contributed by atoms with Gasteiger partial charge in [0.05, 0.1) is 5.92 Å².